The zero-order chi connectivity index (χ0) is 23.1. The number of benzene rings is 3. The Bertz CT molecular complexity index is 1270. The molecule has 0 unspecified atom stereocenters. The maximum Gasteiger partial charge on any atom is 0.265 e. The molecule has 0 aliphatic carbocycles. The molecule has 0 fully saturated rings. The Hall–Kier alpha value is -4.03. The van der Waals surface area contributed by atoms with Crippen LogP contribution in [0.5, 0.6) is 11.5 Å². The fourth-order valence-corrected chi connectivity index (χ4v) is 4.15. The number of amides is 1. The summed E-state index contributed by atoms with van der Waals surface area (Å²) >= 11 is 0. The highest BCUT2D eigenvalue weighted by Crippen LogP contribution is 2.29. The van der Waals surface area contributed by atoms with E-state index in [0.717, 1.165) is 0 Å². The molecule has 9 heteroatoms. The van der Waals surface area contributed by atoms with Gasteiger partial charge in [-0.05, 0) is 67.6 Å². The van der Waals surface area contributed by atoms with Crippen LogP contribution in [0.1, 0.15) is 22.8 Å². The van der Waals surface area contributed by atoms with E-state index in [1.165, 1.54) is 31.4 Å². The first-order valence-corrected chi connectivity index (χ1v) is 11.1. The summed E-state index contributed by atoms with van der Waals surface area (Å²) in [5, 5.41) is 11.6. The zero-order valence-corrected chi connectivity index (χ0v) is 18.3. The molecule has 32 heavy (non-hydrogen) atoms. The van der Waals surface area contributed by atoms with Crippen molar-refractivity contribution < 1.29 is 22.7 Å². The number of carbonyl (C=O) groups excluding carboxylic acids is 1. The second-order valence-electron chi connectivity index (χ2n) is 6.58. The fraction of sp³-hybridized carbons (Fsp3) is 0.130. The summed E-state index contributed by atoms with van der Waals surface area (Å²) in [4.78, 5) is 12.4. The highest BCUT2D eigenvalue weighted by Gasteiger charge is 2.21. The van der Waals surface area contributed by atoms with Crippen molar-refractivity contribution >= 4 is 27.3 Å². The van der Waals surface area contributed by atoms with Gasteiger partial charge in [0.15, 0.2) is 0 Å². The number of nitriles is 1. The standard InChI is InChI=1S/C23H21N3O5S/c1-3-31-20-10-7-18(8-11-20)26-32(28,29)22-14-19(9-12-21(22)30-2)25-23(27)17-6-4-5-16(13-17)15-24/h4-14,26H,3H2,1-2H3,(H,25,27). The Kier molecular flexibility index (Phi) is 6.97. The highest BCUT2D eigenvalue weighted by molar-refractivity contribution is 7.92. The molecule has 0 aromatic heterocycles. The highest BCUT2D eigenvalue weighted by atomic mass is 32.2. The molecule has 0 saturated carbocycles. The summed E-state index contributed by atoms with van der Waals surface area (Å²) in [6.45, 7) is 2.36. The van der Waals surface area contributed by atoms with Gasteiger partial charge in [-0.2, -0.15) is 5.26 Å². The Morgan fingerprint density at radius 1 is 1.03 bits per heavy atom. The van der Waals surface area contributed by atoms with Crippen molar-refractivity contribution in [3.05, 3.63) is 77.9 Å². The van der Waals surface area contributed by atoms with Crippen molar-refractivity contribution in [1.82, 2.24) is 0 Å². The van der Waals surface area contributed by atoms with Crippen molar-refractivity contribution in [3.63, 3.8) is 0 Å². The molecule has 0 radical (unpaired) electrons. The van der Waals surface area contributed by atoms with Crippen LogP contribution in [-0.2, 0) is 10.0 Å². The van der Waals surface area contributed by atoms with Gasteiger partial charge in [-0.3, -0.25) is 9.52 Å². The first-order chi connectivity index (χ1) is 15.4. The maximum atomic E-state index is 13.0. The van der Waals surface area contributed by atoms with Crippen molar-refractivity contribution in [2.24, 2.45) is 0 Å². The average Bonchev–Trinajstić information content (AvgIpc) is 2.80. The van der Waals surface area contributed by atoms with Crippen LogP contribution in [0, 0.1) is 11.3 Å². The maximum absolute atomic E-state index is 13.0. The molecule has 0 bridgehead atoms. The van der Waals surface area contributed by atoms with Crippen molar-refractivity contribution in [2.75, 3.05) is 23.8 Å². The van der Waals surface area contributed by atoms with E-state index in [4.69, 9.17) is 14.7 Å². The monoisotopic (exact) mass is 451 g/mol. The molecule has 0 aliphatic rings. The van der Waals surface area contributed by atoms with Gasteiger partial charge in [0.05, 0.1) is 25.3 Å². The van der Waals surface area contributed by atoms with E-state index >= 15 is 0 Å². The number of ether oxygens (including phenoxy) is 2. The quantitative estimate of drug-likeness (QED) is 0.534. The average molecular weight is 452 g/mol. The lowest BCUT2D eigenvalue weighted by molar-refractivity contribution is 0.102. The molecule has 3 rings (SSSR count). The normalized spacial score (nSPS) is 10.7. The summed E-state index contributed by atoms with van der Waals surface area (Å²) in [6.07, 6.45) is 0. The lowest BCUT2D eigenvalue weighted by atomic mass is 10.1. The number of sulfonamides is 1. The number of methoxy groups -OCH3 is 1. The molecule has 2 N–H and O–H groups in total. The van der Waals surface area contributed by atoms with Gasteiger partial charge in [-0.1, -0.05) is 6.07 Å². The van der Waals surface area contributed by atoms with Crippen LogP contribution < -0.4 is 19.5 Å². The topological polar surface area (TPSA) is 118 Å². The van der Waals surface area contributed by atoms with E-state index in [-0.39, 0.29) is 21.9 Å². The lowest BCUT2D eigenvalue weighted by Crippen LogP contribution is -2.16. The van der Waals surface area contributed by atoms with Crippen LogP contribution in [0.4, 0.5) is 11.4 Å². The lowest BCUT2D eigenvalue weighted by Gasteiger charge is -2.14. The van der Waals surface area contributed by atoms with E-state index in [9.17, 15) is 13.2 Å². The first kappa shape index (κ1) is 22.7. The molecule has 164 valence electrons. The second kappa shape index (κ2) is 9.85. The van der Waals surface area contributed by atoms with E-state index in [1.807, 2.05) is 13.0 Å². The molecular weight excluding hydrogens is 430 g/mol. The van der Waals surface area contributed by atoms with Gasteiger partial charge in [0.25, 0.3) is 15.9 Å². The van der Waals surface area contributed by atoms with Gasteiger partial charge in [0, 0.05) is 16.9 Å². The Labute approximate surface area is 186 Å². The van der Waals surface area contributed by atoms with Gasteiger partial charge in [0.1, 0.15) is 16.4 Å². The molecule has 0 spiro atoms. The van der Waals surface area contributed by atoms with Crippen molar-refractivity contribution in [1.29, 1.82) is 5.26 Å². The van der Waals surface area contributed by atoms with Gasteiger partial charge in [0.2, 0.25) is 0 Å². The zero-order valence-electron chi connectivity index (χ0n) is 17.5. The van der Waals surface area contributed by atoms with Gasteiger partial charge in [-0.15, -0.1) is 0 Å². The number of hydrogen-bond acceptors (Lipinski definition) is 6. The molecule has 0 aliphatic heterocycles. The van der Waals surface area contributed by atoms with Crippen molar-refractivity contribution in [2.45, 2.75) is 11.8 Å². The fourth-order valence-electron chi connectivity index (χ4n) is 2.89. The number of hydrogen-bond donors (Lipinski definition) is 2. The first-order valence-electron chi connectivity index (χ1n) is 9.61. The van der Waals surface area contributed by atoms with E-state index < -0.39 is 15.9 Å². The van der Waals surface area contributed by atoms with Gasteiger partial charge >= 0.3 is 0 Å². The SMILES string of the molecule is CCOc1ccc(NS(=O)(=O)c2cc(NC(=O)c3cccc(C#N)c3)ccc2OC)cc1. The molecule has 3 aromatic carbocycles. The number of nitrogens with zero attached hydrogens (tertiary/aromatic N) is 1. The minimum Gasteiger partial charge on any atom is -0.495 e. The number of anilines is 2. The predicted octanol–water partition coefficient (Wildman–Crippen LogP) is 4.02. The third-order valence-corrected chi connectivity index (χ3v) is 5.78. The number of carbonyl (C=O) groups is 1. The predicted molar refractivity (Wildman–Crippen MR) is 121 cm³/mol. The minimum absolute atomic E-state index is 0.118. The molecule has 0 atom stereocenters. The molecule has 0 saturated heterocycles. The Balaban J connectivity index is 1.86. The summed E-state index contributed by atoms with van der Waals surface area (Å²) in [7, 11) is -2.67. The van der Waals surface area contributed by atoms with Crippen LogP contribution in [0.15, 0.2) is 71.6 Å². The third kappa shape index (κ3) is 5.36. The van der Waals surface area contributed by atoms with Crippen LogP contribution in [0.25, 0.3) is 0 Å². The second-order valence-corrected chi connectivity index (χ2v) is 8.23. The number of rotatable bonds is 8. The van der Waals surface area contributed by atoms with Crippen LogP contribution >= 0.6 is 0 Å². The van der Waals surface area contributed by atoms with E-state index in [2.05, 4.69) is 10.0 Å². The molecule has 3 aromatic rings. The summed E-state index contributed by atoms with van der Waals surface area (Å²) in [5.41, 5.74) is 1.22. The van der Waals surface area contributed by atoms with Crippen LogP contribution in [-0.4, -0.2) is 28.0 Å². The smallest absolute Gasteiger partial charge is 0.265 e. The van der Waals surface area contributed by atoms with Gasteiger partial charge in [-0.25, -0.2) is 8.42 Å². The molecule has 1 amide bonds. The molecule has 0 heterocycles. The number of nitrogens with one attached hydrogen (secondary N) is 2. The van der Waals surface area contributed by atoms with Gasteiger partial charge < -0.3 is 14.8 Å². The molecular formula is C23H21N3O5S. The van der Waals surface area contributed by atoms with Crippen molar-refractivity contribution in [3.8, 4) is 17.6 Å². The van der Waals surface area contributed by atoms with Crippen LogP contribution in [0.3, 0.4) is 0 Å². The summed E-state index contributed by atoms with van der Waals surface area (Å²) in [5.74, 6) is 0.265. The Morgan fingerprint density at radius 2 is 1.75 bits per heavy atom. The minimum atomic E-state index is -4.02. The van der Waals surface area contributed by atoms with E-state index in [0.29, 0.717) is 23.6 Å². The Morgan fingerprint density at radius 3 is 2.41 bits per heavy atom. The summed E-state index contributed by atoms with van der Waals surface area (Å²) < 4.78 is 39.1. The van der Waals surface area contributed by atoms with Crippen LogP contribution in [0.2, 0.25) is 0 Å². The molecule has 8 nitrogen and oxygen atoms in total. The summed E-state index contributed by atoms with van der Waals surface area (Å²) in [6, 6.07) is 18.9. The third-order valence-electron chi connectivity index (χ3n) is 4.38. The largest absolute Gasteiger partial charge is 0.495 e. The van der Waals surface area contributed by atoms with E-state index in [1.54, 1.807) is 42.5 Å².